The van der Waals surface area contributed by atoms with E-state index in [9.17, 15) is 0 Å². The van der Waals surface area contributed by atoms with E-state index in [1.165, 1.54) is 65.6 Å². The van der Waals surface area contributed by atoms with Gasteiger partial charge in [0.05, 0.1) is 28.9 Å². The van der Waals surface area contributed by atoms with Gasteiger partial charge < -0.3 is 9.14 Å². The molecule has 0 spiro atoms. The van der Waals surface area contributed by atoms with E-state index in [0.717, 1.165) is 16.7 Å². The third-order valence-corrected chi connectivity index (χ3v) is 8.19. The second kappa shape index (κ2) is 7.21. The fraction of sp³-hybridized carbons (Fsp3) is 0.0882. The molecule has 0 amide bonds. The van der Waals surface area contributed by atoms with Gasteiger partial charge in [0.1, 0.15) is 12.6 Å². The summed E-state index contributed by atoms with van der Waals surface area (Å²) in [5.41, 5.74) is 8.60. The lowest BCUT2D eigenvalue weighted by Crippen LogP contribution is -2.29. The molecule has 0 aliphatic rings. The van der Waals surface area contributed by atoms with Crippen molar-refractivity contribution >= 4 is 59.8 Å². The summed E-state index contributed by atoms with van der Waals surface area (Å²) in [6, 6.07) is 32.8. The fourth-order valence-corrected chi connectivity index (χ4v) is 6.66. The number of methoxy groups -OCH3 is 1. The summed E-state index contributed by atoms with van der Waals surface area (Å²) in [6.45, 7) is 2.26. The number of benzene rings is 5. The van der Waals surface area contributed by atoms with Gasteiger partial charge in [-0.05, 0) is 46.5 Å². The van der Waals surface area contributed by atoms with Crippen molar-refractivity contribution in [3.8, 4) is 16.9 Å². The van der Waals surface area contributed by atoms with Crippen molar-refractivity contribution in [2.75, 3.05) is 7.11 Å². The molecule has 37 heavy (non-hydrogen) atoms. The standard InChI is InChI=1S/C34H25N2O/c1-20-23-13-7-8-14-24(23)34(37-3)33-28(20)31-29-22(17-18-35(31)2)19-26(21-11-5-4-6-12-21)30-25-15-9-10-16-27(25)36(33)32(29)30/h4-19H,1-3H3/q+1. The maximum Gasteiger partial charge on any atom is 0.224 e. The van der Waals surface area contributed by atoms with Crippen LogP contribution in [0.15, 0.2) is 97.2 Å². The minimum Gasteiger partial charge on any atom is -0.494 e. The summed E-state index contributed by atoms with van der Waals surface area (Å²) in [6.07, 6.45) is 2.20. The summed E-state index contributed by atoms with van der Waals surface area (Å²) in [5.74, 6) is 0.923. The number of fused-ring (bicyclic) bond motifs is 7. The lowest BCUT2D eigenvalue weighted by molar-refractivity contribution is -0.643. The van der Waals surface area contributed by atoms with Gasteiger partial charge in [-0.2, -0.15) is 0 Å². The van der Waals surface area contributed by atoms with Gasteiger partial charge in [0.15, 0.2) is 11.9 Å². The second-order valence-corrected chi connectivity index (χ2v) is 10.0. The predicted molar refractivity (Wildman–Crippen MR) is 154 cm³/mol. The summed E-state index contributed by atoms with van der Waals surface area (Å²) in [4.78, 5) is 0. The van der Waals surface area contributed by atoms with Crippen molar-refractivity contribution in [2.24, 2.45) is 7.05 Å². The monoisotopic (exact) mass is 477 g/mol. The number of aromatic nitrogens is 2. The first kappa shape index (κ1) is 20.6. The summed E-state index contributed by atoms with van der Waals surface area (Å²) in [5, 5.41) is 8.71. The molecule has 3 heteroatoms. The molecule has 176 valence electrons. The topological polar surface area (TPSA) is 17.5 Å². The number of rotatable bonds is 2. The molecule has 0 aliphatic carbocycles. The van der Waals surface area contributed by atoms with E-state index in [-0.39, 0.29) is 0 Å². The Kier molecular flexibility index (Phi) is 4.00. The Balaban J connectivity index is 1.82. The quantitative estimate of drug-likeness (QED) is 0.140. The molecule has 0 atom stereocenters. The number of hydrogen-bond acceptors (Lipinski definition) is 1. The number of hydrogen-bond donors (Lipinski definition) is 0. The van der Waals surface area contributed by atoms with Gasteiger partial charge >= 0.3 is 0 Å². The second-order valence-electron chi connectivity index (χ2n) is 10.0. The summed E-state index contributed by atoms with van der Waals surface area (Å²) >= 11 is 0. The highest BCUT2D eigenvalue weighted by Gasteiger charge is 2.28. The highest BCUT2D eigenvalue weighted by atomic mass is 16.5. The molecule has 8 aromatic rings. The number of ether oxygens (including phenoxy) is 1. The highest BCUT2D eigenvalue weighted by molar-refractivity contribution is 6.32. The van der Waals surface area contributed by atoms with Crippen molar-refractivity contribution in [3.05, 3.63) is 103 Å². The van der Waals surface area contributed by atoms with Crippen LogP contribution in [0.3, 0.4) is 0 Å². The van der Waals surface area contributed by atoms with Crippen LogP contribution in [-0.2, 0) is 7.05 Å². The van der Waals surface area contributed by atoms with Crippen LogP contribution in [0, 0.1) is 6.92 Å². The van der Waals surface area contributed by atoms with Crippen LogP contribution >= 0.6 is 0 Å². The van der Waals surface area contributed by atoms with Gasteiger partial charge in [0.2, 0.25) is 5.52 Å². The molecule has 0 unspecified atom stereocenters. The van der Waals surface area contributed by atoms with E-state index in [2.05, 4.69) is 120 Å². The summed E-state index contributed by atoms with van der Waals surface area (Å²) < 4.78 is 11.0. The highest BCUT2D eigenvalue weighted by Crippen LogP contribution is 2.48. The van der Waals surface area contributed by atoms with Crippen molar-refractivity contribution in [3.63, 3.8) is 0 Å². The maximum absolute atomic E-state index is 6.27. The molecule has 0 fully saturated rings. The van der Waals surface area contributed by atoms with E-state index in [1.54, 1.807) is 7.11 Å². The zero-order chi connectivity index (χ0) is 24.8. The molecule has 8 rings (SSSR count). The number of pyridine rings is 2. The lowest BCUT2D eigenvalue weighted by Gasteiger charge is -2.18. The number of aryl methyl sites for hydroxylation is 2. The van der Waals surface area contributed by atoms with E-state index in [1.807, 2.05) is 0 Å². The molecule has 0 radical (unpaired) electrons. The average molecular weight is 478 g/mol. The third-order valence-electron chi connectivity index (χ3n) is 8.19. The Bertz CT molecular complexity index is 2190. The van der Waals surface area contributed by atoms with Crippen molar-refractivity contribution in [1.82, 2.24) is 4.40 Å². The molecular weight excluding hydrogens is 452 g/mol. The molecule has 3 aromatic heterocycles. The van der Waals surface area contributed by atoms with Crippen LogP contribution in [0.25, 0.3) is 70.9 Å². The third kappa shape index (κ3) is 2.48. The van der Waals surface area contributed by atoms with Gasteiger partial charge in [-0.25, -0.2) is 4.57 Å². The molecule has 0 aliphatic heterocycles. The van der Waals surface area contributed by atoms with Crippen LogP contribution < -0.4 is 9.30 Å². The van der Waals surface area contributed by atoms with Crippen LogP contribution in [0.5, 0.6) is 5.75 Å². The van der Waals surface area contributed by atoms with Gasteiger partial charge in [-0.3, -0.25) is 0 Å². The van der Waals surface area contributed by atoms with E-state index in [0.29, 0.717) is 0 Å². The Morgan fingerprint density at radius 1 is 0.703 bits per heavy atom. The minimum atomic E-state index is 0.923. The normalized spacial score (nSPS) is 12.2. The Labute approximate surface area is 214 Å². The zero-order valence-corrected chi connectivity index (χ0v) is 21.0. The smallest absolute Gasteiger partial charge is 0.224 e. The first-order chi connectivity index (χ1) is 18.2. The van der Waals surface area contributed by atoms with E-state index < -0.39 is 0 Å². The van der Waals surface area contributed by atoms with Crippen LogP contribution in [0.2, 0.25) is 0 Å². The van der Waals surface area contributed by atoms with E-state index in [4.69, 9.17) is 4.74 Å². The van der Waals surface area contributed by atoms with Crippen LogP contribution in [0.1, 0.15) is 5.56 Å². The molecule has 3 heterocycles. The molecule has 0 saturated heterocycles. The largest absolute Gasteiger partial charge is 0.494 e. The first-order valence-electron chi connectivity index (χ1n) is 12.7. The average Bonchev–Trinajstić information content (AvgIpc) is 3.29. The maximum atomic E-state index is 6.27. The lowest BCUT2D eigenvalue weighted by atomic mass is 9.92. The fourth-order valence-electron chi connectivity index (χ4n) is 6.66. The Morgan fingerprint density at radius 3 is 2.19 bits per heavy atom. The Hall–Kier alpha value is -4.63. The molecular formula is C34H25N2O+. The molecule has 5 aromatic carbocycles. The van der Waals surface area contributed by atoms with Crippen molar-refractivity contribution in [1.29, 1.82) is 0 Å². The van der Waals surface area contributed by atoms with Gasteiger partial charge in [0.25, 0.3) is 0 Å². The number of nitrogens with zero attached hydrogens (tertiary/aromatic N) is 2. The van der Waals surface area contributed by atoms with Crippen LogP contribution in [-0.4, -0.2) is 11.5 Å². The zero-order valence-electron chi connectivity index (χ0n) is 21.0. The predicted octanol–water partition coefficient (Wildman–Crippen LogP) is 7.95. The first-order valence-corrected chi connectivity index (χ1v) is 12.7. The van der Waals surface area contributed by atoms with Gasteiger partial charge in [-0.15, -0.1) is 0 Å². The van der Waals surface area contributed by atoms with Crippen molar-refractivity contribution in [2.45, 2.75) is 6.92 Å². The van der Waals surface area contributed by atoms with Gasteiger partial charge in [0, 0.05) is 22.2 Å². The Morgan fingerprint density at radius 2 is 1.41 bits per heavy atom. The number of para-hydroxylation sites is 1. The van der Waals surface area contributed by atoms with E-state index >= 15 is 0 Å². The molecule has 0 bridgehead atoms. The van der Waals surface area contributed by atoms with Gasteiger partial charge in [-0.1, -0.05) is 72.8 Å². The van der Waals surface area contributed by atoms with Crippen LogP contribution in [0.4, 0.5) is 0 Å². The SMILES string of the molecule is COc1c2ccccc2c(C)c2c1n1c3ccccc3c3c(-c4ccccc4)cc4cc[n+](C)c2c4c31. The minimum absolute atomic E-state index is 0.923. The molecule has 0 N–H and O–H groups in total. The molecule has 0 saturated carbocycles. The summed E-state index contributed by atoms with van der Waals surface area (Å²) in [7, 11) is 3.96. The molecule has 3 nitrogen and oxygen atoms in total. The van der Waals surface area contributed by atoms with Crippen molar-refractivity contribution < 1.29 is 9.30 Å².